The molecule has 0 aromatic carbocycles. The van der Waals surface area contributed by atoms with Crippen LogP contribution >= 0.6 is 12.4 Å². The highest BCUT2D eigenvalue weighted by atomic mass is 35.5. The number of hydrogen-bond acceptors (Lipinski definition) is 3. The van der Waals surface area contributed by atoms with E-state index < -0.39 is 0 Å². The second-order valence-corrected chi connectivity index (χ2v) is 4.20. The van der Waals surface area contributed by atoms with E-state index in [2.05, 4.69) is 0 Å². The summed E-state index contributed by atoms with van der Waals surface area (Å²) >= 11 is 0. The normalized spacial score (nSPS) is 19.8. The number of hydrogen-bond donors (Lipinski definition) is 1. The van der Waals surface area contributed by atoms with E-state index in [0.29, 0.717) is 12.3 Å². The second-order valence-electron chi connectivity index (χ2n) is 4.20. The Balaban J connectivity index is 0.00000144. The van der Waals surface area contributed by atoms with Gasteiger partial charge in [-0.3, -0.25) is 4.79 Å². The number of carbonyl (C=O) groups excluding carboxylic acids is 1. The third kappa shape index (κ3) is 3.23. The number of rotatable bonds is 3. The van der Waals surface area contributed by atoms with Gasteiger partial charge in [0.25, 0.3) is 5.91 Å². The van der Waals surface area contributed by atoms with Crippen molar-refractivity contribution in [1.82, 2.24) is 4.90 Å². The van der Waals surface area contributed by atoms with Crippen LogP contribution in [0.4, 0.5) is 0 Å². The molecule has 0 aliphatic carbocycles. The Hall–Kier alpha value is -1.00. The van der Waals surface area contributed by atoms with Gasteiger partial charge in [0.1, 0.15) is 0 Å². The fourth-order valence-electron chi connectivity index (χ4n) is 2.30. The van der Waals surface area contributed by atoms with Gasteiger partial charge in [0.15, 0.2) is 5.76 Å². The minimum Gasteiger partial charge on any atom is -0.459 e. The summed E-state index contributed by atoms with van der Waals surface area (Å²) in [6.45, 7) is 1.46. The predicted octanol–water partition coefficient (Wildman–Crippen LogP) is 2.04. The summed E-state index contributed by atoms with van der Waals surface area (Å²) in [5, 5.41) is 0. The van der Waals surface area contributed by atoms with E-state index in [4.69, 9.17) is 10.2 Å². The third-order valence-corrected chi connectivity index (χ3v) is 3.12. The molecule has 1 amide bonds. The van der Waals surface area contributed by atoms with Crippen LogP contribution in [0.1, 0.15) is 36.2 Å². The van der Waals surface area contributed by atoms with Crippen molar-refractivity contribution < 1.29 is 9.21 Å². The molecule has 1 unspecified atom stereocenters. The van der Waals surface area contributed by atoms with Crippen LogP contribution in [0.15, 0.2) is 22.8 Å². The molecule has 96 valence electrons. The highest BCUT2D eigenvalue weighted by molar-refractivity contribution is 5.91. The summed E-state index contributed by atoms with van der Waals surface area (Å²) < 4.78 is 5.15. The molecule has 1 aromatic rings. The molecule has 0 spiro atoms. The number of amides is 1. The van der Waals surface area contributed by atoms with Crippen LogP contribution in [-0.4, -0.2) is 29.9 Å². The maximum absolute atomic E-state index is 12.1. The molecule has 4 nitrogen and oxygen atoms in total. The number of likely N-dealkylation sites (tertiary alicyclic amines) is 1. The molecule has 0 radical (unpaired) electrons. The number of nitrogens with zero attached hydrogens (tertiary/aromatic N) is 1. The largest absolute Gasteiger partial charge is 0.459 e. The highest BCUT2D eigenvalue weighted by Crippen LogP contribution is 2.21. The van der Waals surface area contributed by atoms with Gasteiger partial charge in [0, 0.05) is 12.6 Å². The lowest BCUT2D eigenvalue weighted by atomic mass is 9.99. The fraction of sp³-hybridized carbons (Fsp3) is 0.583. The van der Waals surface area contributed by atoms with E-state index in [1.165, 1.54) is 12.7 Å². The quantitative estimate of drug-likeness (QED) is 0.903. The standard InChI is InChI=1S/C12H18N2O2.ClH/c13-7-6-10-4-1-2-8-14(10)12(15)11-5-3-9-16-11;/h3,5,9-10H,1-2,4,6-8,13H2;1H. The monoisotopic (exact) mass is 258 g/mol. The smallest absolute Gasteiger partial charge is 0.289 e. The van der Waals surface area contributed by atoms with Crippen molar-refractivity contribution in [3.05, 3.63) is 24.2 Å². The Kier molecular flexibility index (Phi) is 5.51. The molecule has 2 heterocycles. The first-order valence-corrected chi connectivity index (χ1v) is 5.87. The van der Waals surface area contributed by atoms with Crippen molar-refractivity contribution in [3.63, 3.8) is 0 Å². The summed E-state index contributed by atoms with van der Waals surface area (Å²) in [6, 6.07) is 3.75. The Labute approximate surface area is 108 Å². The molecular formula is C12H19ClN2O2. The highest BCUT2D eigenvalue weighted by Gasteiger charge is 2.27. The third-order valence-electron chi connectivity index (χ3n) is 3.12. The zero-order valence-electron chi connectivity index (χ0n) is 9.80. The zero-order chi connectivity index (χ0) is 11.4. The molecule has 2 N–H and O–H groups in total. The lowest BCUT2D eigenvalue weighted by Gasteiger charge is -2.35. The molecule has 0 saturated carbocycles. The van der Waals surface area contributed by atoms with Crippen LogP contribution in [-0.2, 0) is 0 Å². The van der Waals surface area contributed by atoms with Crippen LogP contribution in [0, 0.1) is 0 Å². The maximum atomic E-state index is 12.1. The van der Waals surface area contributed by atoms with E-state index in [-0.39, 0.29) is 24.4 Å². The minimum atomic E-state index is 0. The Morgan fingerprint density at radius 3 is 3.00 bits per heavy atom. The van der Waals surface area contributed by atoms with Crippen molar-refractivity contribution >= 4 is 18.3 Å². The molecule has 1 aliphatic heterocycles. The predicted molar refractivity (Wildman–Crippen MR) is 68.3 cm³/mol. The molecule has 1 saturated heterocycles. The average molecular weight is 259 g/mol. The first kappa shape index (κ1) is 14.1. The SMILES string of the molecule is Cl.NCCC1CCCCN1C(=O)c1ccco1. The summed E-state index contributed by atoms with van der Waals surface area (Å²) in [6.07, 6.45) is 5.74. The number of halogens is 1. The van der Waals surface area contributed by atoms with E-state index in [1.54, 1.807) is 12.1 Å². The minimum absolute atomic E-state index is 0. The van der Waals surface area contributed by atoms with Crippen molar-refractivity contribution in [2.24, 2.45) is 5.73 Å². The molecule has 1 aromatic heterocycles. The molecule has 1 aliphatic rings. The summed E-state index contributed by atoms with van der Waals surface area (Å²) in [5.41, 5.74) is 5.58. The van der Waals surface area contributed by atoms with Gasteiger partial charge in [-0.15, -0.1) is 12.4 Å². The lowest BCUT2D eigenvalue weighted by molar-refractivity contribution is 0.0572. The van der Waals surface area contributed by atoms with Gasteiger partial charge in [-0.25, -0.2) is 0 Å². The van der Waals surface area contributed by atoms with Gasteiger partial charge >= 0.3 is 0 Å². The van der Waals surface area contributed by atoms with E-state index >= 15 is 0 Å². The van der Waals surface area contributed by atoms with Crippen molar-refractivity contribution in [2.75, 3.05) is 13.1 Å². The Morgan fingerprint density at radius 2 is 2.35 bits per heavy atom. The van der Waals surface area contributed by atoms with E-state index in [0.717, 1.165) is 25.8 Å². The van der Waals surface area contributed by atoms with Crippen LogP contribution in [0.3, 0.4) is 0 Å². The van der Waals surface area contributed by atoms with Crippen LogP contribution in [0.2, 0.25) is 0 Å². The first-order valence-electron chi connectivity index (χ1n) is 5.87. The second kappa shape index (κ2) is 6.67. The van der Waals surface area contributed by atoms with Crippen LogP contribution < -0.4 is 5.73 Å². The molecular weight excluding hydrogens is 240 g/mol. The molecule has 2 rings (SSSR count). The number of carbonyl (C=O) groups is 1. The molecule has 17 heavy (non-hydrogen) atoms. The topological polar surface area (TPSA) is 59.5 Å². The van der Waals surface area contributed by atoms with Crippen molar-refractivity contribution in [2.45, 2.75) is 31.7 Å². The molecule has 1 fully saturated rings. The zero-order valence-corrected chi connectivity index (χ0v) is 10.6. The van der Waals surface area contributed by atoms with Gasteiger partial charge in [-0.05, 0) is 44.4 Å². The Morgan fingerprint density at radius 1 is 1.53 bits per heavy atom. The Bertz CT molecular complexity index is 338. The van der Waals surface area contributed by atoms with Crippen molar-refractivity contribution in [1.29, 1.82) is 0 Å². The molecule has 0 bridgehead atoms. The van der Waals surface area contributed by atoms with Gasteiger partial charge in [0.2, 0.25) is 0 Å². The van der Waals surface area contributed by atoms with Gasteiger partial charge in [0.05, 0.1) is 6.26 Å². The summed E-state index contributed by atoms with van der Waals surface area (Å²) in [7, 11) is 0. The number of nitrogens with two attached hydrogens (primary N) is 1. The number of piperidine rings is 1. The van der Waals surface area contributed by atoms with E-state index in [9.17, 15) is 4.79 Å². The molecule has 1 atom stereocenters. The van der Waals surface area contributed by atoms with Crippen molar-refractivity contribution in [3.8, 4) is 0 Å². The fourth-order valence-corrected chi connectivity index (χ4v) is 2.30. The molecule has 5 heteroatoms. The van der Waals surface area contributed by atoms with Gasteiger partial charge < -0.3 is 15.1 Å². The number of furan rings is 1. The lowest BCUT2D eigenvalue weighted by Crippen LogP contribution is -2.44. The van der Waals surface area contributed by atoms with E-state index in [1.807, 2.05) is 4.90 Å². The van der Waals surface area contributed by atoms with Gasteiger partial charge in [-0.2, -0.15) is 0 Å². The average Bonchev–Trinajstić information content (AvgIpc) is 2.83. The van der Waals surface area contributed by atoms with Crippen LogP contribution in [0.5, 0.6) is 0 Å². The van der Waals surface area contributed by atoms with Crippen LogP contribution in [0.25, 0.3) is 0 Å². The summed E-state index contributed by atoms with van der Waals surface area (Å²) in [5.74, 6) is 0.437. The first-order chi connectivity index (χ1) is 7.83. The van der Waals surface area contributed by atoms with Gasteiger partial charge in [-0.1, -0.05) is 0 Å². The summed E-state index contributed by atoms with van der Waals surface area (Å²) in [4.78, 5) is 14.0. The maximum Gasteiger partial charge on any atom is 0.289 e.